The van der Waals surface area contributed by atoms with Crippen LogP contribution in [0.4, 0.5) is 0 Å². The van der Waals surface area contributed by atoms with E-state index in [0.717, 1.165) is 10.8 Å². The van der Waals surface area contributed by atoms with Gasteiger partial charge < -0.3 is 9.47 Å². The van der Waals surface area contributed by atoms with Crippen LogP contribution in [0.25, 0.3) is 10.8 Å². The highest BCUT2D eigenvalue weighted by Crippen LogP contribution is 2.35. The zero-order valence-electron chi connectivity index (χ0n) is 13.3. The topological polar surface area (TPSA) is 72.8 Å². The first-order valence-corrected chi connectivity index (χ1v) is 7.86. The third kappa shape index (κ3) is 3.28. The second-order valence-electron chi connectivity index (χ2n) is 5.55. The number of benzene rings is 2. The summed E-state index contributed by atoms with van der Waals surface area (Å²) in [6.45, 7) is 0.135. The van der Waals surface area contributed by atoms with Crippen molar-refractivity contribution in [1.82, 2.24) is 10.4 Å². The molecule has 0 saturated carbocycles. The second-order valence-corrected chi connectivity index (χ2v) is 5.55. The fourth-order valence-corrected chi connectivity index (χ4v) is 2.57. The average molecular weight is 333 g/mol. The summed E-state index contributed by atoms with van der Waals surface area (Å²) >= 11 is 0. The molecule has 0 saturated heterocycles. The lowest BCUT2D eigenvalue weighted by Crippen LogP contribution is -2.42. The van der Waals surface area contributed by atoms with Gasteiger partial charge in [0.25, 0.3) is 5.91 Å². The molecule has 1 aliphatic heterocycles. The van der Waals surface area contributed by atoms with Crippen LogP contribution in [0.15, 0.2) is 65.9 Å². The number of hydrazone groups is 1. The first-order valence-electron chi connectivity index (χ1n) is 7.86. The number of rotatable bonds is 3. The molecule has 25 heavy (non-hydrogen) atoms. The number of amides is 1. The van der Waals surface area contributed by atoms with E-state index in [0.29, 0.717) is 17.2 Å². The molecule has 124 valence electrons. The second kappa shape index (κ2) is 6.60. The number of nitrogens with zero attached hydrogens (tertiary/aromatic N) is 2. The van der Waals surface area contributed by atoms with Gasteiger partial charge in [-0.05, 0) is 35.0 Å². The van der Waals surface area contributed by atoms with Gasteiger partial charge in [0.05, 0.1) is 11.9 Å². The van der Waals surface area contributed by atoms with E-state index >= 15 is 0 Å². The standard InChI is InChI=1S/C19H15N3O3/c23-19(22-21-11-15-7-3-4-8-20-15)18-12-24-16-9-13-5-1-2-6-14(13)10-17(16)25-18/h1-11,18H,12H2,(H,22,23)/b21-11-. The highest BCUT2D eigenvalue weighted by Gasteiger charge is 2.27. The predicted molar refractivity (Wildman–Crippen MR) is 93.8 cm³/mol. The van der Waals surface area contributed by atoms with Crippen molar-refractivity contribution in [2.75, 3.05) is 6.61 Å². The first-order chi connectivity index (χ1) is 12.3. The van der Waals surface area contributed by atoms with Crippen LogP contribution in [-0.2, 0) is 4.79 Å². The molecule has 2 aromatic carbocycles. The minimum absolute atomic E-state index is 0.135. The van der Waals surface area contributed by atoms with Gasteiger partial charge in [-0.2, -0.15) is 5.10 Å². The van der Waals surface area contributed by atoms with Crippen LogP contribution in [0.3, 0.4) is 0 Å². The minimum atomic E-state index is -0.755. The molecule has 1 unspecified atom stereocenters. The number of aromatic nitrogens is 1. The van der Waals surface area contributed by atoms with E-state index in [9.17, 15) is 4.79 Å². The Hall–Kier alpha value is -3.41. The summed E-state index contributed by atoms with van der Waals surface area (Å²) in [4.78, 5) is 16.3. The van der Waals surface area contributed by atoms with Crippen molar-refractivity contribution in [2.45, 2.75) is 6.10 Å². The molecule has 1 N–H and O–H groups in total. The Morgan fingerprint density at radius 2 is 1.88 bits per heavy atom. The molecule has 0 fully saturated rings. The molecule has 0 aliphatic carbocycles. The molecule has 0 radical (unpaired) electrons. The number of fused-ring (bicyclic) bond motifs is 2. The monoisotopic (exact) mass is 333 g/mol. The Labute approximate surface area is 144 Å². The maximum Gasteiger partial charge on any atom is 0.284 e. The zero-order chi connectivity index (χ0) is 17.1. The molecule has 0 bridgehead atoms. The third-order valence-electron chi connectivity index (χ3n) is 3.82. The van der Waals surface area contributed by atoms with Crippen molar-refractivity contribution in [3.05, 3.63) is 66.5 Å². The van der Waals surface area contributed by atoms with Crippen LogP contribution < -0.4 is 14.9 Å². The lowest BCUT2D eigenvalue weighted by atomic mass is 10.1. The number of hydrogen-bond donors (Lipinski definition) is 1. The van der Waals surface area contributed by atoms with E-state index in [1.54, 1.807) is 12.3 Å². The van der Waals surface area contributed by atoms with E-state index in [1.165, 1.54) is 6.21 Å². The van der Waals surface area contributed by atoms with Gasteiger partial charge in [-0.25, -0.2) is 5.43 Å². The van der Waals surface area contributed by atoms with Gasteiger partial charge in [-0.3, -0.25) is 9.78 Å². The zero-order valence-corrected chi connectivity index (χ0v) is 13.3. The largest absolute Gasteiger partial charge is 0.485 e. The van der Waals surface area contributed by atoms with E-state index in [4.69, 9.17) is 9.47 Å². The van der Waals surface area contributed by atoms with Gasteiger partial charge in [-0.1, -0.05) is 30.3 Å². The van der Waals surface area contributed by atoms with Gasteiger partial charge in [0, 0.05) is 6.20 Å². The summed E-state index contributed by atoms with van der Waals surface area (Å²) in [6.07, 6.45) is 2.38. The maximum atomic E-state index is 12.2. The summed E-state index contributed by atoms with van der Waals surface area (Å²) in [5.41, 5.74) is 3.11. The maximum absolute atomic E-state index is 12.2. The fraction of sp³-hybridized carbons (Fsp3) is 0.105. The molecule has 1 aromatic heterocycles. The van der Waals surface area contributed by atoms with E-state index in [2.05, 4.69) is 15.5 Å². The predicted octanol–water partition coefficient (Wildman–Crippen LogP) is 2.52. The molecule has 1 aliphatic rings. The van der Waals surface area contributed by atoms with Crippen LogP contribution in [0.5, 0.6) is 11.5 Å². The van der Waals surface area contributed by atoms with Gasteiger partial charge >= 0.3 is 0 Å². The molecular weight excluding hydrogens is 318 g/mol. The van der Waals surface area contributed by atoms with Crippen LogP contribution in [0.2, 0.25) is 0 Å². The van der Waals surface area contributed by atoms with E-state index < -0.39 is 6.10 Å². The Morgan fingerprint density at radius 3 is 2.64 bits per heavy atom. The molecule has 6 heteroatoms. The van der Waals surface area contributed by atoms with Crippen LogP contribution in [0.1, 0.15) is 5.69 Å². The molecule has 3 aromatic rings. The fourth-order valence-electron chi connectivity index (χ4n) is 2.57. The minimum Gasteiger partial charge on any atom is -0.485 e. The Balaban J connectivity index is 1.45. The van der Waals surface area contributed by atoms with Crippen molar-refractivity contribution in [1.29, 1.82) is 0 Å². The average Bonchev–Trinajstić information content (AvgIpc) is 2.66. The highest BCUT2D eigenvalue weighted by atomic mass is 16.6. The van der Waals surface area contributed by atoms with E-state index in [1.807, 2.05) is 48.5 Å². The molecule has 1 amide bonds. The molecule has 0 spiro atoms. The number of carbonyl (C=O) groups excluding carboxylic acids is 1. The van der Waals surface area contributed by atoms with Crippen molar-refractivity contribution < 1.29 is 14.3 Å². The highest BCUT2D eigenvalue weighted by molar-refractivity contribution is 5.87. The first kappa shape index (κ1) is 15.1. The quantitative estimate of drug-likeness (QED) is 0.590. The summed E-state index contributed by atoms with van der Waals surface area (Å²) in [6, 6.07) is 17.1. The smallest absolute Gasteiger partial charge is 0.284 e. The molecule has 1 atom stereocenters. The van der Waals surface area contributed by atoms with Gasteiger partial charge in [0.1, 0.15) is 6.61 Å². The Kier molecular flexibility index (Phi) is 4.00. The van der Waals surface area contributed by atoms with Crippen LogP contribution in [-0.4, -0.2) is 29.8 Å². The summed E-state index contributed by atoms with van der Waals surface area (Å²) in [5, 5.41) is 5.99. The number of pyridine rings is 1. The van der Waals surface area contributed by atoms with Crippen LogP contribution >= 0.6 is 0 Å². The number of nitrogens with one attached hydrogen (secondary N) is 1. The van der Waals surface area contributed by atoms with Crippen molar-refractivity contribution in [3.8, 4) is 11.5 Å². The van der Waals surface area contributed by atoms with Gasteiger partial charge in [-0.15, -0.1) is 0 Å². The molecule has 4 rings (SSSR count). The molecule has 6 nitrogen and oxygen atoms in total. The Morgan fingerprint density at radius 1 is 1.12 bits per heavy atom. The third-order valence-corrected chi connectivity index (χ3v) is 3.82. The molecule has 2 heterocycles. The number of hydrogen-bond acceptors (Lipinski definition) is 5. The number of ether oxygens (including phenoxy) is 2. The van der Waals surface area contributed by atoms with Crippen molar-refractivity contribution >= 4 is 22.9 Å². The van der Waals surface area contributed by atoms with Gasteiger partial charge in [0.15, 0.2) is 11.5 Å². The summed E-state index contributed by atoms with van der Waals surface area (Å²) in [5.74, 6) is 0.824. The lowest BCUT2D eigenvalue weighted by molar-refractivity contribution is -0.130. The van der Waals surface area contributed by atoms with Crippen LogP contribution in [0, 0.1) is 0 Å². The summed E-state index contributed by atoms with van der Waals surface area (Å²) in [7, 11) is 0. The number of carbonyl (C=O) groups is 1. The molecular formula is C19H15N3O3. The van der Waals surface area contributed by atoms with E-state index in [-0.39, 0.29) is 12.5 Å². The SMILES string of the molecule is O=C(N/N=C\c1ccccn1)C1COc2cc3ccccc3cc2O1. The lowest BCUT2D eigenvalue weighted by Gasteiger charge is -2.25. The normalized spacial score (nSPS) is 16.1. The Bertz CT molecular complexity index is 941. The van der Waals surface area contributed by atoms with Gasteiger partial charge in [0.2, 0.25) is 6.10 Å². The van der Waals surface area contributed by atoms with Crippen molar-refractivity contribution in [3.63, 3.8) is 0 Å². The summed E-state index contributed by atoms with van der Waals surface area (Å²) < 4.78 is 11.5. The van der Waals surface area contributed by atoms with Crippen molar-refractivity contribution in [2.24, 2.45) is 5.10 Å².